The first-order valence-electron chi connectivity index (χ1n) is 15.0. The van der Waals surface area contributed by atoms with Crippen LogP contribution in [0.25, 0.3) is 0 Å². The van der Waals surface area contributed by atoms with Crippen LogP contribution in [-0.4, -0.2) is 83.6 Å². The van der Waals surface area contributed by atoms with Gasteiger partial charge in [0.15, 0.2) is 5.83 Å². The third-order valence-corrected chi connectivity index (χ3v) is 9.32. The Balaban J connectivity index is 0.00000113. The molecule has 224 valence electrons. The summed E-state index contributed by atoms with van der Waals surface area (Å²) in [5.41, 5.74) is 6.10. The van der Waals surface area contributed by atoms with Gasteiger partial charge in [-0.1, -0.05) is 18.7 Å². The maximum Gasteiger partial charge on any atom is 0.318 e. The lowest BCUT2D eigenvalue weighted by Gasteiger charge is -2.38. The van der Waals surface area contributed by atoms with E-state index in [1.807, 2.05) is 0 Å². The standard InChI is InChI=1S/C30H39FN6O2.C2H3N/c1-21-7-4-8-26(22(21)2)36-14-9-24-25(19-36)32-29(39-20-30-10-5-12-37(30)13-6-11-30)33-27(24)34-15-17-35(18-16-34)28(38)23(3)31;1-2-3/h4,7-8H,3,5-6,9-20H2,1-2H3;1H3. The van der Waals surface area contributed by atoms with Crippen LogP contribution in [0.5, 0.6) is 6.01 Å². The molecule has 3 fully saturated rings. The largest absolute Gasteiger partial charge is 0.461 e. The summed E-state index contributed by atoms with van der Waals surface area (Å²) >= 11 is 0. The molecular weight excluding hydrogens is 533 g/mol. The summed E-state index contributed by atoms with van der Waals surface area (Å²) in [6.07, 6.45) is 5.61. The molecule has 0 atom stereocenters. The first kappa shape index (κ1) is 29.8. The van der Waals surface area contributed by atoms with Gasteiger partial charge in [-0.15, -0.1) is 0 Å². The van der Waals surface area contributed by atoms with Crippen molar-refractivity contribution in [2.45, 2.75) is 65.0 Å². The van der Waals surface area contributed by atoms with Gasteiger partial charge in [-0.25, -0.2) is 4.39 Å². The minimum absolute atomic E-state index is 0.116. The number of nitriles is 1. The minimum Gasteiger partial charge on any atom is -0.461 e. The number of ether oxygens (including phenoxy) is 1. The zero-order chi connectivity index (χ0) is 29.9. The first-order valence-corrected chi connectivity index (χ1v) is 15.0. The number of halogens is 1. The summed E-state index contributed by atoms with van der Waals surface area (Å²) < 4.78 is 19.9. The zero-order valence-corrected chi connectivity index (χ0v) is 25.2. The minimum atomic E-state index is -0.905. The number of nitrogens with zero attached hydrogens (tertiary/aromatic N) is 7. The maximum atomic E-state index is 13.5. The van der Waals surface area contributed by atoms with Crippen molar-refractivity contribution in [2.75, 3.05) is 62.2 Å². The van der Waals surface area contributed by atoms with Crippen LogP contribution < -0.4 is 14.5 Å². The summed E-state index contributed by atoms with van der Waals surface area (Å²) in [6, 6.07) is 8.65. The molecule has 0 N–H and O–H groups in total. The normalized spacial score (nSPS) is 19.4. The summed E-state index contributed by atoms with van der Waals surface area (Å²) in [5, 5.41) is 7.32. The van der Waals surface area contributed by atoms with Crippen LogP contribution in [-0.2, 0) is 17.8 Å². The Morgan fingerprint density at radius 3 is 2.43 bits per heavy atom. The predicted octanol–water partition coefficient (Wildman–Crippen LogP) is 4.33. The molecule has 0 unspecified atom stereocenters. The van der Waals surface area contributed by atoms with Gasteiger partial charge in [0.05, 0.1) is 23.8 Å². The first-order chi connectivity index (χ1) is 20.3. The van der Waals surface area contributed by atoms with E-state index < -0.39 is 11.7 Å². The molecule has 5 heterocycles. The third kappa shape index (κ3) is 5.93. The highest BCUT2D eigenvalue weighted by molar-refractivity contribution is 5.90. The molecule has 0 spiro atoms. The number of amides is 1. The number of hydrogen-bond donors (Lipinski definition) is 0. The Morgan fingerprint density at radius 1 is 1.07 bits per heavy atom. The number of benzene rings is 1. The van der Waals surface area contributed by atoms with Crippen LogP contribution in [0, 0.1) is 25.2 Å². The van der Waals surface area contributed by atoms with Gasteiger partial charge in [0, 0.05) is 50.9 Å². The number of carbonyl (C=O) groups excluding carboxylic acids is 1. The van der Waals surface area contributed by atoms with E-state index >= 15 is 0 Å². The molecule has 3 saturated heterocycles. The number of aromatic nitrogens is 2. The molecular formula is C32H42FN7O2. The highest BCUT2D eigenvalue weighted by atomic mass is 19.1. The second-order valence-corrected chi connectivity index (χ2v) is 11.8. The van der Waals surface area contributed by atoms with Crippen LogP contribution in [0.15, 0.2) is 30.6 Å². The average molecular weight is 576 g/mol. The molecule has 6 rings (SSSR count). The van der Waals surface area contributed by atoms with E-state index in [4.69, 9.17) is 20.0 Å². The number of anilines is 2. The molecule has 0 saturated carbocycles. The van der Waals surface area contributed by atoms with Crippen molar-refractivity contribution >= 4 is 17.4 Å². The highest BCUT2D eigenvalue weighted by Crippen LogP contribution is 2.39. The fraction of sp³-hybridized carbons (Fsp3) is 0.562. The Kier molecular flexibility index (Phi) is 8.97. The van der Waals surface area contributed by atoms with E-state index in [1.54, 1.807) is 6.07 Å². The fourth-order valence-electron chi connectivity index (χ4n) is 6.95. The van der Waals surface area contributed by atoms with E-state index in [9.17, 15) is 9.18 Å². The van der Waals surface area contributed by atoms with E-state index in [-0.39, 0.29) is 5.54 Å². The number of hydrogen-bond acceptors (Lipinski definition) is 8. The Labute approximate surface area is 248 Å². The molecule has 0 radical (unpaired) electrons. The van der Waals surface area contributed by atoms with E-state index in [0.717, 1.165) is 43.1 Å². The van der Waals surface area contributed by atoms with Crippen LogP contribution in [0.3, 0.4) is 0 Å². The van der Waals surface area contributed by atoms with Crippen molar-refractivity contribution in [3.8, 4) is 12.1 Å². The molecule has 4 aliphatic heterocycles. The molecule has 1 aromatic carbocycles. The molecule has 1 amide bonds. The summed E-state index contributed by atoms with van der Waals surface area (Å²) in [6.45, 7) is 15.5. The quantitative estimate of drug-likeness (QED) is 0.471. The Hall–Kier alpha value is -3.71. The molecule has 4 aliphatic rings. The van der Waals surface area contributed by atoms with E-state index in [1.165, 1.54) is 54.3 Å². The van der Waals surface area contributed by atoms with Crippen LogP contribution in [0.4, 0.5) is 15.9 Å². The van der Waals surface area contributed by atoms with Gasteiger partial charge >= 0.3 is 6.01 Å². The lowest BCUT2D eigenvalue weighted by atomic mass is 9.95. The Bertz CT molecular complexity index is 1360. The van der Waals surface area contributed by atoms with Gasteiger partial charge in [0.25, 0.3) is 5.91 Å². The number of carbonyl (C=O) groups is 1. The van der Waals surface area contributed by atoms with Crippen molar-refractivity contribution in [3.63, 3.8) is 0 Å². The van der Waals surface area contributed by atoms with Crippen LogP contribution in [0.1, 0.15) is 55.0 Å². The molecule has 9 nitrogen and oxygen atoms in total. The van der Waals surface area contributed by atoms with Crippen molar-refractivity contribution in [2.24, 2.45) is 0 Å². The highest BCUT2D eigenvalue weighted by Gasteiger charge is 2.45. The maximum absolute atomic E-state index is 13.5. The molecule has 10 heteroatoms. The van der Waals surface area contributed by atoms with Crippen molar-refractivity contribution in [1.29, 1.82) is 5.26 Å². The smallest absolute Gasteiger partial charge is 0.318 e. The van der Waals surface area contributed by atoms with Crippen LogP contribution in [0.2, 0.25) is 0 Å². The predicted molar refractivity (Wildman–Crippen MR) is 161 cm³/mol. The average Bonchev–Trinajstić information content (AvgIpc) is 3.57. The number of rotatable bonds is 6. The monoisotopic (exact) mass is 575 g/mol. The second kappa shape index (κ2) is 12.7. The summed E-state index contributed by atoms with van der Waals surface area (Å²) in [7, 11) is 0. The number of aryl methyl sites for hydroxylation is 1. The second-order valence-electron chi connectivity index (χ2n) is 11.8. The van der Waals surface area contributed by atoms with Crippen molar-refractivity contribution in [3.05, 3.63) is 53.0 Å². The van der Waals surface area contributed by atoms with Gasteiger partial charge in [0.2, 0.25) is 0 Å². The summed E-state index contributed by atoms with van der Waals surface area (Å²) in [5.74, 6) is -0.629. The topological polar surface area (TPSA) is 88.8 Å². The lowest BCUT2D eigenvalue weighted by Crippen LogP contribution is -2.49. The summed E-state index contributed by atoms with van der Waals surface area (Å²) in [4.78, 5) is 30.8. The van der Waals surface area contributed by atoms with Crippen molar-refractivity contribution < 1.29 is 13.9 Å². The lowest BCUT2D eigenvalue weighted by molar-refractivity contribution is -0.128. The van der Waals surface area contributed by atoms with Gasteiger partial charge in [-0.05, 0) is 76.2 Å². The molecule has 2 aromatic rings. The molecule has 42 heavy (non-hydrogen) atoms. The third-order valence-electron chi connectivity index (χ3n) is 9.32. The Morgan fingerprint density at radius 2 is 1.76 bits per heavy atom. The van der Waals surface area contributed by atoms with Gasteiger partial charge in [-0.2, -0.15) is 15.2 Å². The van der Waals surface area contributed by atoms with Crippen molar-refractivity contribution in [1.82, 2.24) is 19.8 Å². The van der Waals surface area contributed by atoms with E-state index in [2.05, 4.69) is 53.3 Å². The zero-order valence-electron chi connectivity index (χ0n) is 25.2. The number of fused-ring (bicyclic) bond motifs is 2. The van der Waals surface area contributed by atoms with Crippen LogP contribution >= 0.6 is 0 Å². The van der Waals surface area contributed by atoms with Gasteiger partial charge in [-0.3, -0.25) is 9.69 Å². The van der Waals surface area contributed by atoms with Gasteiger partial charge < -0.3 is 19.4 Å². The van der Waals surface area contributed by atoms with E-state index in [0.29, 0.717) is 45.3 Å². The van der Waals surface area contributed by atoms with Gasteiger partial charge in [0.1, 0.15) is 12.4 Å². The SMILES string of the molecule is C=C(F)C(=O)N1CCN(c2nc(OCC34CCCN3CCC4)nc3c2CCN(c2cccc(C)c2C)C3)CC1.CC#N. The number of piperazine rings is 1. The molecule has 0 bridgehead atoms. The fourth-order valence-corrected chi connectivity index (χ4v) is 6.95. The molecule has 1 aromatic heterocycles. The molecule has 0 aliphatic carbocycles.